The van der Waals surface area contributed by atoms with Crippen LogP contribution in [-0.2, 0) is 31.3 Å². The van der Waals surface area contributed by atoms with Gasteiger partial charge in [-0.1, -0.05) is 15.9 Å². The maximum absolute atomic E-state index is 13.5. The molecule has 4 aromatic carbocycles. The van der Waals surface area contributed by atoms with Crippen LogP contribution < -0.4 is 0 Å². The molecule has 0 aromatic heterocycles. The first-order valence-corrected chi connectivity index (χ1v) is 13.9. The zero-order chi connectivity index (χ0) is 31.0. The summed E-state index contributed by atoms with van der Waals surface area (Å²) in [4.78, 5) is 12.3. The number of fused-ring (bicyclic) bond motifs is 6. The zero-order valence-electron chi connectivity index (χ0n) is 21.9. The van der Waals surface area contributed by atoms with Gasteiger partial charge in [0.2, 0.25) is 0 Å². The SMILES string of the molecule is O=C1c2cc(F)c(F)cc2CC1Cc1cc(F)c(F)cc1Br.OC12c3cc(F)c(F)cc3CC1Cc1cc(F)c(F)cc12. The molecule has 0 fully saturated rings. The van der Waals surface area contributed by atoms with Gasteiger partial charge in [-0.3, -0.25) is 4.79 Å². The standard InChI is InChI=1S/C16H9BrF4O.C16H10F4O/c17-11-6-15(21)13(19)4-8(11)2-9-1-7-3-12(18)14(20)5-10(7)16(9)22;17-12-3-7-1-9-2-8-4-13(18)15(20)6-11(8)16(9,21)10(7)5-14(12)19/h3-6,9H,1-2H2;3-6,9,21H,1-2H2. The Kier molecular flexibility index (Phi) is 7.24. The fraction of sp³-hybridized carbons (Fsp3) is 0.219. The lowest BCUT2D eigenvalue weighted by Gasteiger charge is -2.25. The van der Waals surface area contributed by atoms with E-state index in [0.29, 0.717) is 39.6 Å². The minimum atomic E-state index is -1.58. The Labute approximate surface area is 248 Å². The Morgan fingerprint density at radius 3 is 1.63 bits per heavy atom. The summed E-state index contributed by atoms with van der Waals surface area (Å²) in [7, 11) is 0. The first-order chi connectivity index (χ1) is 20.3. The first kappa shape index (κ1) is 29.5. The molecule has 0 heterocycles. The molecule has 0 aliphatic heterocycles. The molecule has 11 heteroatoms. The van der Waals surface area contributed by atoms with Crippen molar-refractivity contribution in [2.45, 2.75) is 31.3 Å². The second-order valence-electron chi connectivity index (χ2n) is 11.0. The zero-order valence-corrected chi connectivity index (χ0v) is 23.4. The number of ketones is 1. The van der Waals surface area contributed by atoms with Crippen molar-refractivity contribution in [3.8, 4) is 0 Å². The van der Waals surface area contributed by atoms with E-state index in [4.69, 9.17) is 0 Å². The van der Waals surface area contributed by atoms with Crippen LogP contribution >= 0.6 is 15.9 Å². The Bertz CT molecular complexity index is 1780. The third-order valence-corrected chi connectivity index (χ3v) is 9.18. The van der Waals surface area contributed by atoms with Crippen LogP contribution in [0.25, 0.3) is 0 Å². The molecular formula is C32H19BrF8O2. The van der Waals surface area contributed by atoms with Gasteiger partial charge in [-0.15, -0.1) is 0 Å². The van der Waals surface area contributed by atoms with E-state index in [-0.39, 0.29) is 41.2 Å². The topological polar surface area (TPSA) is 37.3 Å². The van der Waals surface area contributed by atoms with E-state index in [1.807, 2.05) is 0 Å². The van der Waals surface area contributed by atoms with Crippen molar-refractivity contribution >= 4 is 21.7 Å². The smallest absolute Gasteiger partial charge is 0.166 e. The molecule has 3 aliphatic rings. The highest BCUT2D eigenvalue weighted by atomic mass is 79.9. The second kappa shape index (κ2) is 10.6. The third-order valence-electron chi connectivity index (χ3n) is 8.44. The molecule has 1 N–H and O–H groups in total. The Hall–Kier alpha value is -3.57. The number of hydrogen-bond acceptors (Lipinski definition) is 2. The van der Waals surface area contributed by atoms with Crippen LogP contribution in [0.1, 0.15) is 43.7 Å². The lowest BCUT2D eigenvalue weighted by molar-refractivity contribution is 0.0437. The highest BCUT2D eigenvalue weighted by Crippen LogP contribution is 2.53. The van der Waals surface area contributed by atoms with Crippen molar-refractivity contribution < 1.29 is 45.0 Å². The summed E-state index contributed by atoms with van der Waals surface area (Å²) in [5.74, 6) is -9.32. The number of benzene rings is 4. The molecule has 1 atom stereocenters. The molecule has 0 saturated carbocycles. The monoisotopic (exact) mass is 666 g/mol. The van der Waals surface area contributed by atoms with E-state index in [1.54, 1.807) is 0 Å². The molecule has 1 unspecified atom stereocenters. The van der Waals surface area contributed by atoms with Gasteiger partial charge in [0.15, 0.2) is 52.3 Å². The van der Waals surface area contributed by atoms with Gasteiger partial charge in [-0.2, -0.15) is 0 Å². The number of hydrogen-bond donors (Lipinski definition) is 1. The molecule has 222 valence electrons. The summed E-state index contributed by atoms with van der Waals surface area (Å²) in [5, 5.41) is 11.0. The predicted octanol–water partition coefficient (Wildman–Crippen LogP) is 7.81. The minimum absolute atomic E-state index is 0.155. The van der Waals surface area contributed by atoms with Crippen molar-refractivity contribution in [3.05, 3.63) is 138 Å². The van der Waals surface area contributed by atoms with Crippen LogP contribution in [0.4, 0.5) is 35.1 Å². The minimum Gasteiger partial charge on any atom is -0.380 e. The lowest BCUT2D eigenvalue weighted by Crippen LogP contribution is -2.29. The highest BCUT2D eigenvalue weighted by molar-refractivity contribution is 9.10. The van der Waals surface area contributed by atoms with Gasteiger partial charge in [0.05, 0.1) is 0 Å². The van der Waals surface area contributed by atoms with Crippen molar-refractivity contribution in [3.63, 3.8) is 0 Å². The maximum atomic E-state index is 13.5. The van der Waals surface area contributed by atoms with Gasteiger partial charge in [-0.25, -0.2) is 35.1 Å². The molecule has 2 nitrogen and oxygen atoms in total. The number of carbonyl (C=O) groups excluding carboxylic acids is 1. The van der Waals surface area contributed by atoms with Crippen molar-refractivity contribution in [2.24, 2.45) is 11.8 Å². The van der Waals surface area contributed by atoms with Crippen LogP contribution in [-0.4, -0.2) is 10.9 Å². The summed E-state index contributed by atoms with van der Waals surface area (Å²) in [5.41, 5.74) is 0.968. The van der Waals surface area contributed by atoms with Crippen molar-refractivity contribution in [2.75, 3.05) is 0 Å². The van der Waals surface area contributed by atoms with Crippen LogP contribution in [0.5, 0.6) is 0 Å². The molecule has 0 amide bonds. The fourth-order valence-electron chi connectivity index (χ4n) is 6.42. The Balaban J connectivity index is 0.000000153. The van der Waals surface area contributed by atoms with E-state index in [2.05, 4.69) is 15.9 Å². The van der Waals surface area contributed by atoms with Gasteiger partial charge in [0, 0.05) is 21.9 Å². The molecule has 0 spiro atoms. The number of halogens is 9. The van der Waals surface area contributed by atoms with Gasteiger partial charge < -0.3 is 5.11 Å². The van der Waals surface area contributed by atoms with Gasteiger partial charge in [0.1, 0.15) is 5.60 Å². The summed E-state index contributed by atoms with van der Waals surface area (Å²) < 4.78 is 107. The van der Waals surface area contributed by atoms with E-state index in [1.165, 1.54) is 0 Å². The Morgan fingerprint density at radius 2 is 1.07 bits per heavy atom. The van der Waals surface area contributed by atoms with Gasteiger partial charge >= 0.3 is 0 Å². The number of aliphatic hydroxyl groups is 1. The summed E-state index contributed by atoms with van der Waals surface area (Å²) >= 11 is 3.13. The average molecular weight is 667 g/mol. The van der Waals surface area contributed by atoms with Crippen LogP contribution in [0.15, 0.2) is 53.0 Å². The molecule has 0 radical (unpaired) electrons. The molecule has 43 heavy (non-hydrogen) atoms. The summed E-state index contributed by atoms with van der Waals surface area (Å²) in [6.07, 6.45) is 1.10. The number of carbonyl (C=O) groups is 1. The molecule has 7 rings (SSSR count). The Morgan fingerprint density at radius 1 is 0.628 bits per heavy atom. The number of rotatable bonds is 2. The first-order valence-electron chi connectivity index (χ1n) is 13.1. The highest BCUT2D eigenvalue weighted by Gasteiger charge is 2.52. The molecule has 0 saturated heterocycles. The normalized spacial score (nSPS) is 21.2. The average Bonchev–Trinajstić information content (AvgIpc) is 3.48. The fourth-order valence-corrected chi connectivity index (χ4v) is 6.90. The predicted molar refractivity (Wildman–Crippen MR) is 142 cm³/mol. The summed E-state index contributed by atoms with van der Waals surface area (Å²) in [6.45, 7) is 0. The van der Waals surface area contributed by atoms with Gasteiger partial charge in [-0.05, 0) is 108 Å². The maximum Gasteiger partial charge on any atom is 0.166 e. The van der Waals surface area contributed by atoms with Crippen LogP contribution in [0, 0.1) is 58.4 Å². The number of Topliss-reactive ketones (excluding diaryl/α,β-unsaturated/α-hetero) is 1. The molecule has 3 aliphatic carbocycles. The molecule has 0 bridgehead atoms. The second-order valence-corrected chi connectivity index (χ2v) is 11.8. The summed E-state index contributed by atoms with van der Waals surface area (Å²) in [6, 6.07) is 7.99. The van der Waals surface area contributed by atoms with E-state index >= 15 is 0 Å². The lowest BCUT2D eigenvalue weighted by atomic mass is 9.86. The largest absolute Gasteiger partial charge is 0.380 e. The van der Waals surface area contributed by atoms with Crippen LogP contribution in [0.2, 0.25) is 0 Å². The van der Waals surface area contributed by atoms with Crippen molar-refractivity contribution in [1.82, 2.24) is 0 Å². The molecule has 4 aromatic rings. The third kappa shape index (κ3) is 4.86. The van der Waals surface area contributed by atoms with Crippen molar-refractivity contribution in [1.29, 1.82) is 0 Å². The quantitative estimate of drug-likeness (QED) is 0.175. The van der Waals surface area contributed by atoms with Crippen LogP contribution in [0.3, 0.4) is 0 Å². The van der Waals surface area contributed by atoms with E-state index in [0.717, 1.165) is 48.5 Å². The van der Waals surface area contributed by atoms with Gasteiger partial charge in [0.25, 0.3) is 0 Å². The molecular weight excluding hydrogens is 648 g/mol. The van der Waals surface area contributed by atoms with E-state index < -0.39 is 58.1 Å². The van der Waals surface area contributed by atoms with E-state index in [9.17, 15) is 45.0 Å².